The molecule has 9 nitrogen and oxygen atoms in total. The van der Waals surface area contributed by atoms with Crippen LogP contribution in [-0.2, 0) is 26.2 Å². The Bertz CT molecular complexity index is 1120. The van der Waals surface area contributed by atoms with E-state index in [2.05, 4.69) is 5.32 Å². The van der Waals surface area contributed by atoms with Gasteiger partial charge in [-0.2, -0.15) is 0 Å². The van der Waals surface area contributed by atoms with Crippen molar-refractivity contribution in [2.75, 3.05) is 30.4 Å². The SMILES string of the molecule is CCS(=O)(=O)N(CC(=O)N(Cc1ccc(F)cc1)[C@@H](C)C(=O)NC)c1ccc2c(c1)OCO2. The maximum Gasteiger partial charge on any atom is 0.244 e. The lowest BCUT2D eigenvalue weighted by molar-refractivity contribution is -0.139. The number of carbonyl (C=O) groups excluding carboxylic acids is 2. The first-order chi connectivity index (χ1) is 15.7. The Morgan fingerprint density at radius 1 is 1.12 bits per heavy atom. The molecule has 11 heteroatoms. The maximum atomic E-state index is 13.4. The largest absolute Gasteiger partial charge is 0.454 e. The van der Waals surface area contributed by atoms with E-state index in [1.54, 1.807) is 13.0 Å². The van der Waals surface area contributed by atoms with Gasteiger partial charge in [-0.3, -0.25) is 13.9 Å². The van der Waals surface area contributed by atoms with E-state index in [0.29, 0.717) is 17.1 Å². The number of likely N-dealkylation sites (N-methyl/N-ethyl adjacent to an activating group) is 1. The van der Waals surface area contributed by atoms with Crippen molar-refractivity contribution >= 4 is 27.5 Å². The number of ether oxygens (including phenoxy) is 2. The molecule has 1 atom stereocenters. The van der Waals surface area contributed by atoms with Crippen LogP contribution in [0.1, 0.15) is 19.4 Å². The van der Waals surface area contributed by atoms with E-state index in [9.17, 15) is 22.4 Å². The van der Waals surface area contributed by atoms with Gasteiger partial charge in [0.05, 0.1) is 11.4 Å². The first-order valence-electron chi connectivity index (χ1n) is 10.3. The second kappa shape index (κ2) is 10.1. The Kier molecular flexibility index (Phi) is 7.42. The highest BCUT2D eigenvalue weighted by molar-refractivity contribution is 7.92. The molecule has 0 aromatic heterocycles. The maximum absolute atomic E-state index is 13.4. The molecule has 0 radical (unpaired) electrons. The first-order valence-corrected chi connectivity index (χ1v) is 11.9. The third-order valence-electron chi connectivity index (χ3n) is 5.30. The molecule has 2 amide bonds. The molecule has 2 aromatic rings. The van der Waals surface area contributed by atoms with Crippen LogP contribution in [0.25, 0.3) is 0 Å². The van der Waals surface area contributed by atoms with E-state index < -0.39 is 40.2 Å². The average molecular weight is 480 g/mol. The topological polar surface area (TPSA) is 105 Å². The van der Waals surface area contributed by atoms with Gasteiger partial charge in [-0.05, 0) is 43.7 Å². The van der Waals surface area contributed by atoms with Crippen LogP contribution in [0, 0.1) is 5.82 Å². The summed E-state index contributed by atoms with van der Waals surface area (Å²) in [7, 11) is -2.41. The summed E-state index contributed by atoms with van der Waals surface area (Å²) in [6.07, 6.45) is 0. The molecule has 1 N–H and O–H groups in total. The number of nitrogens with one attached hydrogen (secondary N) is 1. The molecule has 0 fully saturated rings. The van der Waals surface area contributed by atoms with E-state index in [1.807, 2.05) is 0 Å². The summed E-state index contributed by atoms with van der Waals surface area (Å²) in [5.41, 5.74) is 0.831. The van der Waals surface area contributed by atoms with Crippen molar-refractivity contribution in [3.63, 3.8) is 0 Å². The Hall–Kier alpha value is -3.34. The number of halogens is 1. The highest BCUT2D eigenvalue weighted by Crippen LogP contribution is 2.36. The first kappa shape index (κ1) is 24.3. The molecule has 1 heterocycles. The molecule has 0 spiro atoms. The monoisotopic (exact) mass is 479 g/mol. The van der Waals surface area contributed by atoms with Gasteiger partial charge in [-0.1, -0.05) is 12.1 Å². The van der Waals surface area contributed by atoms with Crippen LogP contribution in [0.5, 0.6) is 11.5 Å². The number of rotatable bonds is 9. The van der Waals surface area contributed by atoms with Crippen LogP contribution >= 0.6 is 0 Å². The van der Waals surface area contributed by atoms with Crippen molar-refractivity contribution in [2.45, 2.75) is 26.4 Å². The molecule has 0 aliphatic carbocycles. The molecule has 33 heavy (non-hydrogen) atoms. The number of fused-ring (bicyclic) bond motifs is 1. The summed E-state index contributed by atoms with van der Waals surface area (Å²) < 4.78 is 50.7. The lowest BCUT2D eigenvalue weighted by atomic mass is 10.1. The molecule has 2 aromatic carbocycles. The van der Waals surface area contributed by atoms with Gasteiger partial charge in [0.2, 0.25) is 28.6 Å². The summed E-state index contributed by atoms with van der Waals surface area (Å²) in [5, 5.41) is 2.49. The average Bonchev–Trinajstić information content (AvgIpc) is 3.28. The van der Waals surface area contributed by atoms with E-state index in [1.165, 1.54) is 55.3 Å². The molecular formula is C22H26FN3O6S. The zero-order chi connectivity index (χ0) is 24.2. The Balaban J connectivity index is 1.93. The fourth-order valence-corrected chi connectivity index (χ4v) is 4.39. The van der Waals surface area contributed by atoms with Gasteiger partial charge in [0.1, 0.15) is 18.4 Å². The second-order valence-corrected chi connectivity index (χ2v) is 9.57. The van der Waals surface area contributed by atoms with Crippen LogP contribution in [-0.4, -0.2) is 57.3 Å². The molecule has 0 unspecified atom stereocenters. The van der Waals surface area contributed by atoms with Gasteiger partial charge in [-0.15, -0.1) is 0 Å². The smallest absolute Gasteiger partial charge is 0.244 e. The number of hydrogen-bond acceptors (Lipinski definition) is 6. The van der Waals surface area contributed by atoms with Crippen molar-refractivity contribution in [3.8, 4) is 11.5 Å². The fourth-order valence-electron chi connectivity index (χ4n) is 3.34. The van der Waals surface area contributed by atoms with E-state index in [0.717, 1.165) is 4.31 Å². The molecule has 178 valence electrons. The molecule has 3 rings (SSSR count). The summed E-state index contributed by atoms with van der Waals surface area (Å²) in [6, 6.07) is 9.22. The van der Waals surface area contributed by atoms with Crippen molar-refractivity contribution in [3.05, 3.63) is 53.8 Å². The van der Waals surface area contributed by atoms with Gasteiger partial charge in [0, 0.05) is 19.7 Å². The lowest BCUT2D eigenvalue weighted by Gasteiger charge is -2.31. The van der Waals surface area contributed by atoms with Crippen molar-refractivity contribution < 1.29 is 31.9 Å². The van der Waals surface area contributed by atoms with Gasteiger partial charge in [0.25, 0.3) is 0 Å². The Labute approximate surface area is 192 Å². The molecule has 1 aliphatic rings. The van der Waals surface area contributed by atoms with E-state index in [-0.39, 0.29) is 24.8 Å². The van der Waals surface area contributed by atoms with E-state index >= 15 is 0 Å². The van der Waals surface area contributed by atoms with Gasteiger partial charge in [-0.25, -0.2) is 12.8 Å². The normalized spacial score (nSPS) is 13.3. The lowest BCUT2D eigenvalue weighted by Crippen LogP contribution is -2.50. The number of carbonyl (C=O) groups is 2. The van der Waals surface area contributed by atoms with Gasteiger partial charge >= 0.3 is 0 Å². The molecule has 0 bridgehead atoms. The fraction of sp³-hybridized carbons (Fsp3) is 0.364. The third kappa shape index (κ3) is 5.54. The standard InChI is InChI=1S/C22H26FN3O6S/c1-4-33(29,30)26(18-9-10-19-20(11-18)32-14-31-19)13-21(27)25(15(2)22(28)24-3)12-16-5-7-17(23)8-6-16/h5-11,15H,4,12-14H2,1-3H3,(H,24,28)/t15-/m0/s1. The van der Waals surface area contributed by atoms with Crippen LogP contribution in [0.4, 0.5) is 10.1 Å². The Morgan fingerprint density at radius 3 is 2.42 bits per heavy atom. The number of anilines is 1. The minimum Gasteiger partial charge on any atom is -0.454 e. The summed E-state index contributed by atoms with van der Waals surface area (Å²) in [6.45, 7) is 2.50. The number of amides is 2. The predicted molar refractivity (Wildman–Crippen MR) is 120 cm³/mol. The minimum atomic E-state index is -3.85. The number of benzene rings is 2. The summed E-state index contributed by atoms with van der Waals surface area (Å²) in [5.74, 6) is -0.830. The minimum absolute atomic E-state index is 0.00511. The highest BCUT2D eigenvalue weighted by Gasteiger charge is 2.31. The van der Waals surface area contributed by atoms with Gasteiger partial charge in [0.15, 0.2) is 11.5 Å². The zero-order valence-corrected chi connectivity index (χ0v) is 19.4. The van der Waals surface area contributed by atoms with Gasteiger partial charge < -0.3 is 19.7 Å². The molecule has 0 saturated carbocycles. The summed E-state index contributed by atoms with van der Waals surface area (Å²) in [4.78, 5) is 26.9. The molecule has 0 saturated heterocycles. The third-order valence-corrected chi connectivity index (χ3v) is 7.04. The molecular weight excluding hydrogens is 453 g/mol. The quantitative estimate of drug-likeness (QED) is 0.589. The Morgan fingerprint density at radius 2 is 1.79 bits per heavy atom. The summed E-state index contributed by atoms with van der Waals surface area (Å²) >= 11 is 0. The van der Waals surface area contributed by atoms with Crippen LogP contribution in [0.2, 0.25) is 0 Å². The molecule has 1 aliphatic heterocycles. The van der Waals surface area contributed by atoms with Crippen molar-refractivity contribution in [2.24, 2.45) is 0 Å². The van der Waals surface area contributed by atoms with Crippen LogP contribution < -0.4 is 19.1 Å². The second-order valence-electron chi connectivity index (χ2n) is 7.38. The number of hydrogen-bond donors (Lipinski definition) is 1. The van der Waals surface area contributed by atoms with Crippen molar-refractivity contribution in [1.82, 2.24) is 10.2 Å². The number of nitrogens with zero attached hydrogens (tertiary/aromatic N) is 2. The zero-order valence-electron chi connectivity index (χ0n) is 18.6. The van der Waals surface area contributed by atoms with E-state index in [4.69, 9.17) is 9.47 Å². The van der Waals surface area contributed by atoms with Crippen LogP contribution in [0.15, 0.2) is 42.5 Å². The van der Waals surface area contributed by atoms with Crippen LogP contribution in [0.3, 0.4) is 0 Å². The predicted octanol–water partition coefficient (Wildman–Crippen LogP) is 1.87. The highest BCUT2D eigenvalue weighted by atomic mass is 32.2. The number of sulfonamides is 1. The van der Waals surface area contributed by atoms with Crippen molar-refractivity contribution in [1.29, 1.82) is 0 Å².